The number of rotatable bonds is 4. The van der Waals surface area contributed by atoms with Crippen LogP contribution in [0.4, 0.5) is 0 Å². The van der Waals surface area contributed by atoms with E-state index in [4.69, 9.17) is 17.3 Å². The van der Waals surface area contributed by atoms with Crippen molar-refractivity contribution in [3.63, 3.8) is 0 Å². The third-order valence-corrected chi connectivity index (χ3v) is 4.85. The summed E-state index contributed by atoms with van der Waals surface area (Å²) in [5.74, 6) is 0. The van der Waals surface area contributed by atoms with Crippen LogP contribution >= 0.6 is 39.3 Å². The molecule has 0 fully saturated rings. The SMILES string of the molecule is CC(N)Cc1ccc(Sc2ccc(Cl)cc2)c(Br)c1. The molecule has 1 nitrogen and oxygen atoms in total. The van der Waals surface area contributed by atoms with Gasteiger partial charge in [0.1, 0.15) is 0 Å². The highest BCUT2D eigenvalue weighted by Crippen LogP contribution is 2.34. The van der Waals surface area contributed by atoms with Crippen molar-refractivity contribution in [2.45, 2.75) is 29.2 Å². The summed E-state index contributed by atoms with van der Waals surface area (Å²) in [6, 6.07) is 14.4. The Morgan fingerprint density at radius 2 is 1.89 bits per heavy atom. The lowest BCUT2D eigenvalue weighted by atomic mass is 10.1. The van der Waals surface area contributed by atoms with E-state index < -0.39 is 0 Å². The van der Waals surface area contributed by atoms with Crippen molar-refractivity contribution in [1.29, 1.82) is 0 Å². The van der Waals surface area contributed by atoms with Crippen molar-refractivity contribution >= 4 is 39.3 Å². The summed E-state index contributed by atoms with van der Waals surface area (Å²) in [6.07, 6.45) is 0.893. The highest BCUT2D eigenvalue weighted by atomic mass is 79.9. The number of hydrogen-bond donors (Lipinski definition) is 1. The maximum atomic E-state index is 5.88. The second kappa shape index (κ2) is 6.80. The Hall–Kier alpha value is -0.480. The first-order valence-corrected chi connectivity index (χ1v) is 8.01. The van der Waals surface area contributed by atoms with Crippen LogP contribution < -0.4 is 5.73 Å². The molecule has 2 rings (SSSR count). The van der Waals surface area contributed by atoms with Crippen molar-refractivity contribution in [2.24, 2.45) is 5.73 Å². The van der Waals surface area contributed by atoms with Crippen LogP contribution in [-0.4, -0.2) is 6.04 Å². The Labute approximate surface area is 131 Å². The molecule has 1 unspecified atom stereocenters. The Kier molecular flexibility index (Phi) is 5.34. The molecule has 0 heterocycles. The van der Waals surface area contributed by atoms with Crippen LogP contribution in [0, 0.1) is 0 Å². The molecule has 0 radical (unpaired) electrons. The maximum absolute atomic E-state index is 5.88. The first kappa shape index (κ1) is 14.9. The van der Waals surface area contributed by atoms with Crippen LogP contribution in [0.15, 0.2) is 56.7 Å². The van der Waals surface area contributed by atoms with Gasteiger partial charge >= 0.3 is 0 Å². The molecule has 2 N–H and O–H groups in total. The van der Waals surface area contributed by atoms with Gasteiger partial charge in [-0.1, -0.05) is 29.4 Å². The minimum absolute atomic E-state index is 0.182. The summed E-state index contributed by atoms with van der Waals surface area (Å²) in [7, 11) is 0. The van der Waals surface area contributed by atoms with E-state index in [1.54, 1.807) is 11.8 Å². The lowest BCUT2D eigenvalue weighted by Gasteiger charge is -2.09. The molecule has 4 heteroatoms. The third kappa shape index (κ3) is 4.53. The van der Waals surface area contributed by atoms with E-state index in [1.807, 2.05) is 31.2 Å². The average Bonchev–Trinajstić information content (AvgIpc) is 2.34. The van der Waals surface area contributed by atoms with Crippen molar-refractivity contribution in [3.8, 4) is 0 Å². The van der Waals surface area contributed by atoms with Crippen LogP contribution in [-0.2, 0) is 6.42 Å². The van der Waals surface area contributed by atoms with Crippen LogP contribution in [0.3, 0.4) is 0 Å². The predicted molar refractivity (Wildman–Crippen MR) is 87.1 cm³/mol. The number of halogens is 2. The Bertz CT molecular complexity index is 555. The van der Waals surface area contributed by atoms with Crippen LogP contribution in [0.2, 0.25) is 5.02 Å². The summed E-state index contributed by atoms with van der Waals surface area (Å²) in [5.41, 5.74) is 7.07. The fourth-order valence-electron chi connectivity index (χ4n) is 1.76. The molecule has 0 saturated heterocycles. The van der Waals surface area contributed by atoms with Gasteiger partial charge in [-0.05, 0) is 71.2 Å². The molecule has 2 aromatic carbocycles. The first-order chi connectivity index (χ1) is 9.04. The lowest BCUT2D eigenvalue weighted by molar-refractivity contribution is 0.737. The molecule has 0 aliphatic carbocycles. The van der Waals surface area contributed by atoms with Gasteiger partial charge < -0.3 is 5.73 Å². The molecule has 0 amide bonds. The third-order valence-electron chi connectivity index (χ3n) is 2.60. The lowest BCUT2D eigenvalue weighted by Crippen LogP contribution is -2.17. The zero-order valence-corrected chi connectivity index (χ0v) is 13.7. The van der Waals surface area contributed by atoms with Crippen LogP contribution in [0.25, 0.3) is 0 Å². The van der Waals surface area contributed by atoms with Gasteiger partial charge in [-0.15, -0.1) is 0 Å². The Morgan fingerprint density at radius 1 is 1.21 bits per heavy atom. The Morgan fingerprint density at radius 3 is 2.47 bits per heavy atom. The van der Waals surface area contributed by atoms with E-state index in [2.05, 4.69) is 34.1 Å². The van der Waals surface area contributed by atoms with Gasteiger partial charge in [0, 0.05) is 25.3 Å². The molecule has 1 atom stereocenters. The van der Waals surface area contributed by atoms with Gasteiger partial charge in [0.25, 0.3) is 0 Å². The molecule has 100 valence electrons. The zero-order valence-electron chi connectivity index (χ0n) is 10.6. The monoisotopic (exact) mass is 355 g/mol. The number of hydrogen-bond acceptors (Lipinski definition) is 2. The van der Waals surface area contributed by atoms with E-state index in [0.29, 0.717) is 0 Å². The molecule has 19 heavy (non-hydrogen) atoms. The predicted octanol–water partition coefficient (Wildman–Crippen LogP) is 5.14. The van der Waals surface area contributed by atoms with Crippen molar-refractivity contribution in [3.05, 3.63) is 57.5 Å². The minimum Gasteiger partial charge on any atom is -0.328 e. The molecule has 0 spiro atoms. The largest absolute Gasteiger partial charge is 0.328 e. The summed E-state index contributed by atoms with van der Waals surface area (Å²) in [4.78, 5) is 2.36. The van der Waals surface area contributed by atoms with Gasteiger partial charge in [0.2, 0.25) is 0 Å². The average molecular weight is 357 g/mol. The van der Waals surface area contributed by atoms with E-state index >= 15 is 0 Å². The standard InChI is InChI=1S/C15H15BrClNS/c1-10(18)8-11-2-7-15(14(16)9-11)19-13-5-3-12(17)4-6-13/h2-7,9-10H,8,18H2,1H3. The highest BCUT2D eigenvalue weighted by molar-refractivity contribution is 9.10. The maximum Gasteiger partial charge on any atom is 0.0406 e. The molecule has 0 aliphatic heterocycles. The number of benzene rings is 2. The summed E-state index contributed by atoms with van der Waals surface area (Å²) in [6.45, 7) is 2.02. The zero-order chi connectivity index (χ0) is 13.8. The van der Waals surface area contributed by atoms with Gasteiger partial charge in [-0.2, -0.15) is 0 Å². The highest BCUT2D eigenvalue weighted by Gasteiger charge is 2.05. The molecule has 0 aliphatic rings. The molecule has 2 aromatic rings. The molecule has 0 aromatic heterocycles. The van der Waals surface area contributed by atoms with E-state index in [1.165, 1.54) is 15.4 Å². The van der Waals surface area contributed by atoms with E-state index in [-0.39, 0.29) is 6.04 Å². The second-order valence-corrected chi connectivity index (χ2v) is 6.91. The fraction of sp³-hybridized carbons (Fsp3) is 0.200. The van der Waals surface area contributed by atoms with Crippen molar-refractivity contribution in [2.75, 3.05) is 0 Å². The van der Waals surface area contributed by atoms with Gasteiger partial charge in [0.05, 0.1) is 0 Å². The van der Waals surface area contributed by atoms with Crippen LogP contribution in [0.1, 0.15) is 12.5 Å². The fourth-order valence-corrected chi connectivity index (χ4v) is 3.37. The smallest absolute Gasteiger partial charge is 0.0406 e. The minimum atomic E-state index is 0.182. The first-order valence-electron chi connectivity index (χ1n) is 6.02. The topological polar surface area (TPSA) is 26.0 Å². The molecular formula is C15H15BrClNS. The Balaban J connectivity index is 2.15. The molecular weight excluding hydrogens is 342 g/mol. The van der Waals surface area contributed by atoms with Crippen molar-refractivity contribution < 1.29 is 0 Å². The quantitative estimate of drug-likeness (QED) is 0.820. The van der Waals surface area contributed by atoms with Crippen molar-refractivity contribution in [1.82, 2.24) is 0 Å². The summed E-state index contributed by atoms with van der Waals surface area (Å²) >= 11 is 11.2. The summed E-state index contributed by atoms with van der Waals surface area (Å²) in [5, 5.41) is 0.760. The van der Waals surface area contributed by atoms with Gasteiger partial charge in [-0.3, -0.25) is 0 Å². The molecule has 0 bridgehead atoms. The van der Waals surface area contributed by atoms with Gasteiger partial charge in [-0.25, -0.2) is 0 Å². The number of nitrogens with two attached hydrogens (primary N) is 1. The van der Waals surface area contributed by atoms with Crippen LogP contribution in [0.5, 0.6) is 0 Å². The van der Waals surface area contributed by atoms with E-state index in [0.717, 1.165) is 15.9 Å². The van der Waals surface area contributed by atoms with Gasteiger partial charge in [0.15, 0.2) is 0 Å². The second-order valence-electron chi connectivity index (χ2n) is 4.50. The normalized spacial score (nSPS) is 12.4. The summed E-state index contributed by atoms with van der Waals surface area (Å²) < 4.78 is 1.10. The molecule has 0 saturated carbocycles. The van der Waals surface area contributed by atoms with E-state index in [9.17, 15) is 0 Å².